The highest BCUT2D eigenvalue weighted by Gasteiger charge is 2.54. The van der Waals surface area contributed by atoms with Gasteiger partial charge >= 0.3 is 5.91 Å². The second kappa shape index (κ2) is 5.99. The van der Waals surface area contributed by atoms with Crippen LogP contribution in [0.15, 0.2) is 22.6 Å². The number of aryl methyl sites for hydroxylation is 1. The van der Waals surface area contributed by atoms with Crippen molar-refractivity contribution in [3.8, 4) is 0 Å². The number of hydrogen-bond acceptors (Lipinski definition) is 3. The lowest BCUT2D eigenvalue weighted by atomic mass is 9.49. The molecule has 5 nitrogen and oxygen atoms in total. The van der Waals surface area contributed by atoms with Crippen molar-refractivity contribution >= 4 is 34.4 Å². The number of benzene rings is 1. The first kappa shape index (κ1) is 17.1. The Bertz CT molecular complexity index is 913. The molecule has 4 fully saturated rings. The molecule has 4 bridgehead atoms. The minimum Gasteiger partial charge on any atom is -0.449 e. The number of carbonyl (C=O) groups is 2. The summed E-state index contributed by atoms with van der Waals surface area (Å²) in [4.78, 5) is 25.6. The summed E-state index contributed by atoms with van der Waals surface area (Å²) in [5, 5.41) is 1.27. The number of furan rings is 1. The van der Waals surface area contributed by atoms with Gasteiger partial charge in [0.15, 0.2) is 11.3 Å². The summed E-state index contributed by atoms with van der Waals surface area (Å²) < 4.78 is 5.68. The van der Waals surface area contributed by atoms with E-state index in [0.29, 0.717) is 33.9 Å². The molecule has 6 rings (SSSR count). The van der Waals surface area contributed by atoms with Gasteiger partial charge in [0.2, 0.25) is 5.91 Å². The zero-order chi connectivity index (χ0) is 18.8. The Morgan fingerprint density at radius 3 is 2.30 bits per heavy atom. The monoisotopic (exact) mass is 386 g/mol. The fourth-order valence-corrected chi connectivity index (χ4v) is 6.33. The van der Waals surface area contributed by atoms with Crippen molar-refractivity contribution in [3.63, 3.8) is 0 Å². The Kier molecular flexibility index (Phi) is 3.80. The molecule has 0 atom stereocenters. The lowest BCUT2D eigenvalue weighted by molar-refractivity contribution is -0.147. The van der Waals surface area contributed by atoms with Gasteiger partial charge in [0.1, 0.15) is 0 Å². The molecular formula is C21H23ClN2O3. The smallest absolute Gasteiger partial charge is 0.305 e. The van der Waals surface area contributed by atoms with Crippen LogP contribution in [0.2, 0.25) is 5.02 Å². The number of fused-ring (bicyclic) bond motifs is 1. The largest absolute Gasteiger partial charge is 0.449 e. The average molecular weight is 387 g/mol. The van der Waals surface area contributed by atoms with Gasteiger partial charge in [-0.2, -0.15) is 0 Å². The van der Waals surface area contributed by atoms with Gasteiger partial charge < -0.3 is 4.42 Å². The number of amides is 2. The molecule has 1 heterocycles. The van der Waals surface area contributed by atoms with Gasteiger partial charge in [-0.3, -0.25) is 20.4 Å². The van der Waals surface area contributed by atoms with Gasteiger partial charge in [-0.05, 0) is 69.3 Å². The van der Waals surface area contributed by atoms with Crippen molar-refractivity contribution in [2.45, 2.75) is 45.4 Å². The second-order valence-corrected chi connectivity index (χ2v) is 9.19. The molecule has 1 aromatic heterocycles. The molecule has 0 spiro atoms. The Morgan fingerprint density at radius 2 is 1.70 bits per heavy atom. The minimum absolute atomic E-state index is 0.0400. The highest BCUT2D eigenvalue weighted by Crippen LogP contribution is 2.60. The molecule has 0 unspecified atom stereocenters. The molecule has 27 heavy (non-hydrogen) atoms. The van der Waals surface area contributed by atoms with Crippen LogP contribution in [0.1, 0.15) is 54.6 Å². The van der Waals surface area contributed by atoms with Gasteiger partial charge in [0.05, 0.1) is 10.4 Å². The zero-order valence-corrected chi connectivity index (χ0v) is 16.1. The normalized spacial score (nSPS) is 31.3. The van der Waals surface area contributed by atoms with Crippen molar-refractivity contribution in [2.24, 2.45) is 23.2 Å². The summed E-state index contributed by atoms with van der Waals surface area (Å²) in [7, 11) is 0. The van der Waals surface area contributed by atoms with E-state index in [9.17, 15) is 9.59 Å². The van der Waals surface area contributed by atoms with E-state index in [0.717, 1.165) is 24.6 Å². The lowest BCUT2D eigenvalue weighted by Crippen LogP contribution is -2.56. The van der Waals surface area contributed by atoms with Gasteiger partial charge in [0, 0.05) is 10.9 Å². The maximum atomic E-state index is 13.0. The molecule has 0 radical (unpaired) electrons. The number of hydrazine groups is 1. The fraction of sp³-hybridized carbons (Fsp3) is 0.524. The first-order valence-corrected chi connectivity index (χ1v) is 10.1. The third kappa shape index (κ3) is 2.66. The Hall–Kier alpha value is -2.01. The number of halogens is 1. The number of rotatable bonds is 2. The van der Waals surface area contributed by atoms with E-state index >= 15 is 0 Å². The molecule has 2 N–H and O–H groups in total. The third-order valence-electron chi connectivity index (χ3n) is 6.93. The molecule has 0 saturated heterocycles. The summed E-state index contributed by atoms with van der Waals surface area (Å²) in [6, 6.07) is 5.41. The molecular weight excluding hydrogens is 364 g/mol. The lowest BCUT2D eigenvalue weighted by Gasteiger charge is -2.55. The van der Waals surface area contributed by atoms with E-state index in [-0.39, 0.29) is 17.1 Å². The van der Waals surface area contributed by atoms with Crippen LogP contribution in [0, 0.1) is 30.1 Å². The topological polar surface area (TPSA) is 71.3 Å². The molecule has 0 aliphatic heterocycles. The number of para-hydroxylation sites is 1. The summed E-state index contributed by atoms with van der Waals surface area (Å²) in [5.41, 5.74) is 6.18. The summed E-state index contributed by atoms with van der Waals surface area (Å²) in [5.74, 6) is 1.73. The second-order valence-electron chi connectivity index (χ2n) is 8.78. The predicted octanol–water partition coefficient (Wildman–Crippen LogP) is 4.37. The molecule has 142 valence electrons. The molecule has 4 saturated carbocycles. The quantitative estimate of drug-likeness (QED) is 0.753. The summed E-state index contributed by atoms with van der Waals surface area (Å²) >= 11 is 6.16. The number of hydrogen-bond donors (Lipinski definition) is 2. The van der Waals surface area contributed by atoms with Crippen molar-refractivity contribution < 1.29 is 14.0 Å². The van der Waals surface area contributed by atoms with E-state index in [4.69, 9.17) is 16.0 Å². The predicted molar refractivity (Wildman–Crippen MR) is 102 cm³/mol. The van der Waals surface area contributed by atoms with Gasteiger partial charge in [-0.1, -0.05) is 23.7 Å². The average Bonchev–Trinajstić information content (AvgIpc) is 2.97. The zero-order valence-electron chi connectivity index (χ0n) is 15.3. The highest BCUT2D eigenvalue weighted by molar-refractivity contribution is 6.35. The van der Waals surface area contributed by atoms with Crippen LogP contribution in [0.25, 0.3) is 11.0 Å². The highest BCUT2D eigenvalue weighted by atomic mass is 35.5. The van der Waals surface area contributed by atoms with Crippen LogP contribution in [-0.4, -0.2) is 11.8 Å². The summed E-state index contributed by atoms with van der Waals surface area (Å²) in [6.07, 6.45) is 6.70. The minimum atomic E-state index is -0.446. The fourth-order valence-electron chi connectivity index (χ4n) is 6.12. The van der Waals surface area contributed by atoms with E-state index in [1.54, 1.807) is 6.07 Å². The van der Waals surface area contributed by atoms with Crippen LogP contribution >= 0.6 is 11.6 Å². The Morgan fingerprint density at radius 1 is 1.07 bits per heavy atom. The third-order valence-corrected chi connectivity index (χ3v) is 7.23. The van der Waals surface area contributed by atoms with Crippen molar-refractivity contribution in [3.05, 3.63) is 34.5 Å². The molecule has 2 aromatic rings. The molecule has 6 heteroatoms. The number of nitrogens with one attached hydrogen (secondary N) is 2. The van der Waals surface area contributed by atoms with Crippen molar-refractivity contribution in [1.82, 2.24) is 10.9 Å². The van der Waals surface area contributed by atoms with Crippen LogP contribution < -0.4 is 10.9 Å². The Labute approximate surface area is 162 Å². The van der Waals surface area contributed by atoms with Crippen LogP contribution in [0.5, 0.6) is 0 Å². The van der Waals surface area contributed by atoms with Crippen molar-refractivity contribution in [1.29, 1.82) is 0 Å². The van der Waals surface area contributed by atoms with Crippen LogP contribution in [0.4, 0.5) is 0 Å². The standard InChI is InChI=1S/C21H23ClN2O3/c1-11-15-3-2-4-16(22)18(15)27-17(11)19(25)23-24-20(26)21-8-12-5-13(9-21)7-14(6-12)10-21/h2-4,12-14H,5-10H2,1H3,(H,23,25)(H,24,26). The molecule has 4 aliphatic rings. The van der Waals surface area contributed by atoms with Crippen molar-refractivity contribution in [2.75, 3.05) is 0 Å². The molecule has 1 aromatic carbocycles. The molecule has 2 amide bonds. The maximum Gasteiger partial charge on any atom is 0.305 e. The molecule has 4 aliphatic carbocycles. The van der Waals surface area contributed by atoms with E-state index in [1.807, 2.05) is 19.1 Å². The van der Waals surface area contributed by atoms with E-state index in [1.165, 1.54) is 19.3 Å². The van der Waals surface area contributed by atoms with Gasteiger partial charge in [0.25, 0.3) is 0 Å². The van der Waals surface area contributed by atoms with Gasteiger partial charge in [-0.15, -0.1) is 0 Å². The SMILES string of the molecule is Cc1c(C(=O)NNC(=O)C23CC4CC(CC(C4)C2)C3)oc2c(Cl)cccc12. The summed E-state index contributed by atoms with van der Waals surface area (Å²) in [6.45, 7) is 1.82. The van der Waals surface area contributed by atoms with E-state index in [2.05, 4.69) is 10.9 Å². The first-order valence-electron chi connectivity index (χ1n) is 9.73. The maximum absolute atomic E-state index is 13.0. The van der Waals surface area contributed by atoms with Crippen LogP contribution in [-0.2, 0) is 4.79 Å². The Balaban J connectivity index is 1.32. The van der Waals surface area contributed by atoms with E-state index < -0.39 is 5.91 Å². The number of carbonyl (C=O) groups excluding carboxylic acids is 2. The first-order chi connectivity index (χ1) is 12.9. The van der Waals surface area contributed by atoms with Crippen LogP contribution in [0.3, 0.4) is 0 Å². The van der Waals surface area contributed by atoms with Gasteiger partial charge in [-0.25, -0.2) is 0 Å².